The third kappa shape index (κ3) is 3.14. The molecule has 0 spiro atoms. The van der Waals surface area contributed by atoms with E-state index in [2.05, 4.69) is 26.1 Å². The Labute approximate surface area is 121 Å². The average Bonchev–Trinajstić information content (AvgIpc) is 2.39. The van der Waals surface area contributed by atoms with E-state index >= 15 is 0 Å². The van der Waals surface area contributed by atoms with Crippen LogP contribution in [0, 0.1) is 11.3 Å². The highest BCUT2D eigenvalue weighted by molar-refractivity contribution is 5.83. The summed E-state index contributed by atoms with van der Waals surface area (Å²) in [6.45, 7) is 6.74. The number of anilines is 1. The fourth-order valence-electron chi connectivity index (χ4n) is 3.17. The van der Waals surface area contributed by atoms with E-state index in [1.165, 1.54) is 0 Å². The van der Waals surface area contributed by atoms with Gasteiger partial charge in [0.1, 0.15) is 5.54 Å². The second kappa shape index (κ2) is 5.47. The molecule has 1 aromatic rings. The Morgan fingerprint density at radius 1 is 1.20 bits per heavy atom. The molecule has 3 heteroatoms. The highest BCUT2D eigenvalue weighted by Gasteiger charge is 2.44. The fourth-order valence-corrected chi connectivity index (χ4v) is 3.17. The van der Waals surface area contributed by atoms with Crippen LogP contribution in [0.2, 0.25) is 0 Å². The molecule has 0 saturated heterocycles. The van der Waals surface area contributed by atoms with Crippen molar-refractivity contribution in [1.82, 2.24) is 0 Å². The second-order valence-electron chi connectivity index (χ2n) is 7.02. The molecule has 1 aromatic carbocycles. The van der Waals surface area contributed by atoms with Crippen LogP contribution in [-0.2, 0) is 4.79 Å². The summed E-state index contributed by atoms with van der Waals surface area (Å²) < 4.78 is 0. The topological polar surface area (TPSA) is 49.3 Å². The molecule has 1 aliphatic carbocycles. The Morgan fingerprint density at radius 2 is 1.75 bits per heavy atom. The van der Waals surface area contributed by atoms with Crippen LogP contribution in [0.1, 0.15) is 46.5 Å². The molecule has 0 bridgehead atoms. The van der Waals surface area contributed by atoms with E-state index in [0.29, 0.717) is 18.8 Å². The zero-order valence-corrected chi connectivity index (χ0v) is 12.6. The molecule has 20 heavy (non-hydrogen) atoms. The van der Waals surface area contributed by atoms with Gasteiger partial charge in [-0.2, -0.15) is 0 Å². The average molecular weight is 275 g/mol. The smallest absolute Gasteiger partial charge is 0.329 e. The number of rotatable bonds is 3. The second-order valence-corrected chi connectivity index (χ2v) is 7.02. The van der Waals surface area contributed by atoms with Crippen molar-refractivity contribution in [3.63, 3.8) is 0 Å². The molecule has 0 radical (unpaired) electrons. The summed E-state index contributed by atoms with van der Waals surface area (Å²) in [5, 5.41) is 12.9. The summed E-state index contributed by atoms with van der Waals surface area (Å²) in [6.07, 6.45) is 3.32. The van der Waals surface area contributed by atoms with Gasteiger partial charge in [-0.05, 0) is 49.1 Å². The van der Waals surface area contributed by atoms with Crippen LogP contribution in [0.25, 0.3) is 0 Å². The third-order valence-corrected chi connectivity index (χ3v) is 4.63. The van der Waals surface area contributed by atoms with Crippen molar-refractivity contribution < 1.29 is 9.90 Å². The van der Waals surface area contributed by atoms with Crippen molar-refractivity contribution in [2.75, 3.05) is 5.32 Å². The first-order valence-corrected chi connectivity index (χ1v) is 7.40. The number of carboxylic acid groups (broad SMARTS) is 1. The van der Waals surface area contributed by atoms with Gasteiger partial charge in [0.15, 0.2) is 0 Å². The van der Waals surface area contributed by atoms with Crippen molar-refractivity contribution >= 4 is 11.7 Å². The van der Waals surface area contributed by atoms with Crippen molar-refractivity contribution in [2.45, 2.75) is 52.0 Å². The van der Waals surface area contributed by atoms with Crippen LogP contribution >= 0.6 is 0 Å². The standard InChI is InChI=1S/C17H25NO2/c1-16(2,3)13-9-11-17(12-10-13,15(19)20)18-14-7-5-4-6-8-14/h4-8,13,18H,9-12H2,1-3H3,(H,19,20). The molecule has 1 saturated carbocycles. The van der Waals surface area contributed by atoms with Gasteiger partial charge in [-0.15, -0.1) is 0 Å². The van der Waals surface area contributed by atoms with Crippen LogP contribution in [-0.4, -0.2) is 16.6 Å². The molecule has 1 fully saturated rings. The normalized spacial score (nSPS) is 27.1. The Balaban J connectivity index is 2.12. The number of hydrogen-bond donors (Lipinski definition) is 2. The predicted octanol–water partition coefficient (Wildman–Crippen LogP) is 4.16. The molecule has 0 amide bonds. The zero-order valence-electron chi connectivity index (χ0n) is 12.6. The van der Waals surface area contributed by atoms with Crippen molar-refractivity contribution in [3.05, 3.63) is 30.3 Å². The van der Waals surface area contributed by atoms with Gasteiger partial charge in [-0.25, -0.2) is 4.79 Å². The molecule has 0 aromatic heterocycles. The fraction of sp³-hybridized carbons (Fsp3) is 0.588. The minimum absolute atomic E-state index is 0.261. The maximum Gasteiger partial charge on any atom is 0.329 e. The Hall–Kier alpha value is -1.51. The molecule has 0 aliphatic heterocycles. The van der Waals surface area contributed by atoms with Crippen LogP contribution in [0.15, 0.2) is 30.3 Å². The third-order valence-electron chi connectivity index (χ3n) is 4.63. The van der Waals surface area contributed by atoms with Gasteiger partial charge >= 0.3 is 5.97 Å². The van der Waals surface area contributed by atoms with Crippen molar-refractivity contribution in [2.24, 2.45) is 11.3 Å². The molecule has 2 N–H and O–H groups in total. The molecule has 0 unspecified atom stereocenters. The lowest BCUT2D eigenvalue weighted by molar-refractivity contribution is -0.144. The van der Waals surface area contributed by atoms with Gasteiger partial charge in [0.2, 0.25) is 0 Å². The molecular weight excluding hydrogens is 250 g/mol. The molecule has 2 rings (SSSR count). The largest absolute Gasteiger partial charge is 0.480 e. The van der Waals surface area contributed by atoms with E-state index in [9.17, 15) is 9.90 Å². The molecule has 0 heterocycles. The Kier molecular flexibility index (Phi) is 4.07. The summed E-state index contributed by atoms with van der Waals surface area (Å²) in [6, 6.07) is 9.66. The molecule has 3 nitrogen and oxygen atoms in total. The monoisotopic (exact) mass is 275 g/mol. The SMILES string of the molecule is CC(C)(C)C1CCC(Nc2ccccc2)(C(=O)O)CC1. The Morgan fingerprint density at radius 3 is 2.20 bits per heavy atom. The lowest BCUT2D eigenvalue weighted by Crippen LogP contribution is -2.50. The highest BCUT2D eigenvalue weighted by Crippen LogP contribution is 2.42. The quantitative estimate of drug-likeness (QED) is 0.871. The van der Waals surface area contributed by atoms with Gasteiger partial charge < -0.3 is 10.4 Å². The van der Waals surface area contributed by atoms with E-state index in [1.54, 1.807) is 0 Å². The lowest BCUT2D eigenvalue weighted by Gasteiger charge is -2.42. The first-order chi connectivity index (χ1) is 9.33. The van der Waals surface area contributed by atoms with Crippen LogP contribution in [0.5, 0.6) is 0 Å². The maximum absolute atomic E-state index is 11.8. The molecule has 0 atom stereocenters. The summed E-state index contributed by atoms with van der Waals surface area (Å²) in [7, 11) is 0. The number of benzene rings is 1. The van der Waals surface area contributed by atoms with E-state index in [1.807, 2.05) is 30.3 Å². The van der Waals surface area contributed by atoms with E-state index in [4.69, 9.17) is 0 Å². The summed E-state index contributed by atoms with van der Waals surface area (Å²) >= 11 is 0. The minimum Gasteiger partial charge on any atom is -0.480 e. The number of carboxylic acids is 1. The first-order valence-electron chi connectivity index (χ1n) is 7.40. The number of carbonyl (C=O) groups is 1. The number of nitrogens with one attached hydrogen (secondary N) is 1. The van der Waals surface area contributed by atoms with Crippen molar-refractivity contribution in [3.8, 4) is 0 Å². The van der Waals surface area contributed by atoms with E-state index in [0.717, 1.165) is 18.5 Å². The first kappa shape index (κ1) is 14.9. The van der Waals surface area contributed by atoms with Gasteiger partial charge in [-0.3, -0.25) is 0 Å². The number of para-hydroxylation sites is 1. The van der Waals surface area contributed by atoms with Gasteiger partial charge in [-0.1, -0.05) is 39.0 Å². The van der Waals surface area contributed by atoms with E-state index < -0.39 is 11.5 Å². The Bertz CT molecular complexity index is 454. The molecule has 110 valence electrons. The van der Waals surface area contributed by atoms with Gasteiger partial charge in [0, 0.05) is 5.69 Å². The highest BCUT2D eigenvalue weighted by atomic mass is 16.4. The van der Waals surface area contributed by atoms with E-state index in [-0.39, 0.29) is 5.41 Å². The summed E-state index contributed by atoms with van der Waals surface area (Å²) in [4.78, 5) is 11.8. The van der Waals surface area contributed by atoms with Crippen LogP contribution in [0.3, 0.4) is 0 Å². The van der Waals surface area contributed by atoms with Crippen molar-refractivity contribution in [1.29, 1.82) is 0 Å². The minimum atomic E-state index is -0.802. The van der Waals surface area contributed by atoms with Crippen LogP contribution in [0.4, 0.5) is 5.69 Å². The predicted molar refractivity (Wildman–Crippen MR) is 81.8 cm³/mol. The summed E-state index contributed by atoms with van der Waals surface area (Å²) in [5.41, 5.74) is 0.352. The van der Waals surface area contributed by atoms with Gasteiger partial charge in [0.25, 0.3) is 0 Å². The van der Waals surface area contributed by atoms with Gasteiger partial charge in [0.05, 0.1) is 0 Å². The number of hydrogen-bond acceptors (Lipinski definition) is 2. The zero-order chi connectivity index (χ0) is 14.8. The molecule has 1 aliphatic rings. The maximum atomic E-state index is 11.8. The van der Waals surface area contributed by atoms with Crippen LogP contribution < -0.4 is 5.32 Å². The summed E-state index contributed by atoms with van der Waals surface area (Å²) in [5.74, 6) is -0.124. The lowest BCUT2D eigenvalue weighted by atomic mass is 9.67. The molecular formula is C17H25NO2. The number of aliphatic carboxylic acids is 1.